The second-order valence-electron chi connectivity index (χ2n) is 6.39. The van der Waals surface area contributed by atoms with Crippen molar-refractivity contribution in [3.05, 3.63) is 57.4 Å². The van der Waals surface area contributed by atoms with Crippen LogP contribution in [0.15, 0.2) is 35.1 Å². The monoisotopic (exact) mass is 338 g/mol. The minimum atomic E-state index is -0.584. The smallest absolute Gasteiger partial charge is 0.262 e. The maximum Gasteiger partial charge on any atom is 0.262 e. The van der Waals surface area contributed by atoms with Gasteiger partial charge in [-0.25, -0.2) is 0 Å². The average molecular weight is 338 g/mol. The number of benzene rings is 1. The Morgan fingerprint density at radius 3 is 2.56 bits per heavy atom. The number of rotatable bonds is 2. The maximum atomic E-state index is 12.5. The first-order valence-electron chi connectivity index (χ1n) is 8.28. The molecule has 1 saturated heterocycles. The van der Waals surface area contributed by atoms with Crippen LogP contribution < -0.4 is 21.9 Å². The highest BCUT2D eigenvalue weighted by Gasteiger charge is 2.31. The summed E-state index contributed by atoms with van der Waals surface area (Å²) in [5.41, 5.74) is 7.52. The van der Waals surface area contributed by atoms with Crippen LogP contribution in [0, 0.1) is 0 Å². The molecule has 0 spiro atoms. The van der Waals surface area contributed by atoms with Gasteiger partial charge in [0.05, 0.1) is 16.8 Å². The predicted octanol–water partition coefficient (Wildman–Crippen LogP) is 0.770. The molecule has 1 aromatic carbocycles. The second-order valence-corrected chi connectivity index (χ2v) is 6.39. The van der Waals surface area contributed by atoms with Crippen molar-refractivity contribution in [3.63, 3.8) is 0 Å². The molecule has 0 aliphatic carbocycles. The Labute approximate surface area is 143 Å². The van der Waals surface area contributed by atoms with Gasteiger partial charge in [0.15, 0.2) is 0 Å². The van der Waals surface area contributed by atoms with E-state index in [1.165, 1.54) is 10.6 Å². The van der Waals surface area contributed by atoms with Crippen LogP contribution >= 0.6 is 0 Å². The van der Waals surface area contributed by atoms with Gasteiger partial charge in [-0.05, 0) is 49.5 Å². The first-order valence-corrected chi connectivity index (χ1v) is 8.28. The molecule has 2 aromatic rings. The molecule has 2 aliphatic heterocycles. The summed E-state index contributed by atoms with van der Waals surface area (Å²) in [6.45, 7) is 1.94. The molecule has 4 N–H and O–H groups in total. The van der Waals surface area contributed by atoms with E-state index >= 15 is 0 Å². The minimum absolute atomic E-state index is 0.00619. The van der Waals surface area contributed by atoms with Gasteiger partial charge in [-0.15, -0.1) is 0 Å². The van der Waals surface area contributed by atoms with Crippen LogP contribution in [0.3, 0.4) is 0 Å². The maximum absolute atomic E-state index is 12.5. The van der Waals surface area contributed by atoms with Crippen LogP contribution in [0.5, 0.6) is 0 Å². The van der Waals surface area contributed by atoms with E-state index < -0.39 is 17.4 Å². The van der Waals surface area contributed by atoms with Crippen molar-refractivity contribution in [2.75, 3.05) is 18.8 Å². The Bertz CT molecular complexity index is 942. The first kappa shape index (κ1) is 15.6. The molecule has 0 unspecified atom stereocenters. The molecule has 2 amide bonds. The summed E-state index contributed by atoms with van der Waals surface area (Å²) in [6.07, 6.45) is 2.07. The van der Waals surface area contributed by atoms with Crippen molar-refractivity contribution in [2.24, 2.45) is 0 Å². The van der Waals surface area contributed by atoms with Gasteiger partial charge < -0.3 is 11.1 Å². The van der Waals surface area contributed by atoms with Gasteiger partial charge in [-0.2, -0.15) is 0 Å². The first-order chi connectivity index (χ1) is 12.1. The molecule has 2 aliphatic rings. The van der Waals surface area contributed by atoms with Crippen molar-refractivity contribution < 1.29 is 9.59 Å². The molecular weight excluding hydrogens is 320 g/mol. The van der Waals surface area contributed by atoms with E-state index in [2.05, 4.69) is 10.6 Å². The molecule has 0 radical (unpaired) electrons. The van der Waals surface area contributed by atoms with Crippen LogP contribution in [0.4, 0.5) is 5.82 Å². The van der Waals surface area contributed by atoms with Crippen molar-refractivity contribution in [1.82, 2.24) is 15.2 Å². The summed E-state index contributed by atoms with van der Waals surface area (Å²) < 4.78 is 1.29. The lowest BCUT2D eigenvalue weighted by molar-refractivity contribution is 0.0880. The van der Waals surface area contributed by atoms with Gasteiger partial charge in [0.1, 0.15) is 5.82 Å². The number of anilines is 1. The number of piperidine rings is 1. The Kier molecular flexibility index (Phi) is 3.65. The Morgan fingerprint density at radius 2 is 1.80 bits per heavy atom. The van der Waals surface area contributed by atoms with Crippen LogP contribution in [0.25, 0.3) is 5.69 Å². The lowest BCUT2D eigenvalue weighted by atomic mass is 9.90. The highest BCUT2D eigenvalue weighted by molar-refractivity contribution is 6.23. The highest BCUT2D eigenvalue weighted by atomic mass is 16.2. The number of nitrogens with two attached hydrogens (primary N) is 1. The topological polar surface area (TPSA) is 106 Å². The van der Waals surface area contributed by atoms with Crippen molar-refractivity contribution >= 4 is 17.6 Å². The molecule has 25 heavy (non-hydrogen) atoms. The number of fused-ring (bicyclic) bond motifs is 1. The molecule has 0 bridgehead atoms. The number of carbonyl (C=O) groups excluding carboxylic acids is 2. The second kappa shape index (κ2) is 5.86. The Balaban J connectivity index is 1.83. The molecule has 128 valence electrons. The van der Waals surface area contributed by atoms with E-state index in [0.29, 0.717) is 11.6 Å². The minimum Gasteiger partial charge on any atom is -0.384 e. The van der Waals surface area contributed by atoms with E-state index in [4.69, 9.17) is 5.73 Å². The molecular formula is C18H18N4O3. The summed E-state index contributed by atoms with van der Waals surface area (Å²) in [6, 6.07) is 8.82. The number of nitrogens with zero attached hydrogens (tertiary/aromatic N) is 1. The third-order valence-corrected chi connectivity index (χ3v) is 4.89. The quantitative estimate of drug-likeness (QED) is 0.701. The van der Waals surface area contributed by atoms with Crippen LogP contribution in [0.1, 0.15) is 45.0 Å². The van der Waals surface area contributed by atoms with Crippen LogP contribution in [-0.2, 0) is 0 Å². The standard InChI is InChI=1S/C18H18N4O3/c19-16-15-13(17(24)21-18(15)25)9-14(23)22(16)12-3-1-2-11(8-12)10-4-6-20-7-5-10/h1-3,8-10,20H,4-7,19H2,(H,21,24,25). The van der Waals surface area contributed by atoms with Crippen molar-refractivity contribution in [2.45, 2.75) is 18.8 Å². The number of nitrogen functional groups attached to an aromatic ring is 1. The number of carbonyl (C=O) groups is 2. The van der Waals surface area contributed by atoms with Gasteiger partial charge in [0, 0.05) is 6.07 Å². The zero-order valence-corrected chi connectivity index (χ0v) is 13.5. The normalized spacial score (nSPS) is 17.4. The molecule has 0 atom stereocenters. The Morgan fingerprint density at radius 1 is 1.04 bits per heavy atom. The molecule has 7 heteroatoms. The molecule has 7 nitrogen and oxygen atoms in total. The van der Waals surface area contributed by atoms with E-state index in [0.717, 1.165) is 31.5 Å². The van der Waals surface area contributed by atoms with Crippen LogP contribution in [0.2, 0.25) is 0 Å². The van der Waals surface area contributed by atoms with E-state index in [9.17, 15) is 14.4 Å². The number of amides is 2. The van der Waals surface area contributed by atoms with Gasteiger partial charge >= 0.3 is 0 Å². The van der Waals surface area contributed by atoms with E-state index in [-0.39, 0.29) is 16.9 Å². The average Bonchev–Trinajstić information content (AvgIpc) is 2.90. The van der Waals surface area contributed by atoms with Gasteiger partial charge in [-0.1, -0.05) is 12.1 Å². The Hall–Kier alpha value is -2.93. The highest BCUT2D eigenvalue weighted by Crippen LogP contribution is 2.28. The number of pyridine rings is 1. The third kappa shape index (κ3) is 2.53. The fourth-order valence-electron chi connectivity index (χ4n) is 3.62. The predicted molar refractivity (Wildman–Crippen MR) is 93.1 cm³/mol. The fraction of sp³-hybridized carbons (Fsp3) is 0.278. The van der Waals surface area contributed by atoms with Gasteiger partial charge in [-0.3, -0.25) is 24.3 Å². The lowest BCUT2D eigenvalue weighted by Crippen LogP contribution is -2.27. The molecule has 1 aromatic heterocycles. The lowest BCUT2D eigenvalue weighted by Gasteiger charge is -2.23. The number of imide groups is 1. The molecule has 4 rings (SSSR count). The summed E-state index contributed by atoms with van der Waals surface area (Å²) in [7, 11) is 0. The van der Waals surface area contributed by atoms with Gasteiger partial charge in [0.25, 0.3) is 17.4 Å². The zero-order chi connectivity index (χ0) is 17.6. The number of hydrogen-bond acceptors (Lipinski definition) is 5. The number of nitrogens with one attached hydrogen (secondary N) is 2. The SMILES string of the molecule is Nc1c2c(cc(=O)n1-c1cccc(C3CCNCC3)c1)C(=O)NC2=O. The summed E-state index contributed by atoms with van der Waals surface area (Å²) in [5.74, 6) is -0.731. The summed E-state index contributed by atoms with van der Waals surface area (Å²) in [4.78, 5) is 36.2. The van der Waals surface area contributed by atoms with Crippen molar-refractivity contribution in [3.8, 4) is 5.69 Å². The van der Waals surface area contributed by atoms with E-state index in [1.54, 1.807) is 6.07 Å². The number of aromatic nitrogens is 1. The fourth-order valence-corrected chi connectivity index (χ4v) is 3.62. The summed E-state index contributed by atoms with van der Waals surface area (Å²) >= 11 is 0. The largest absolute Gasteiger partial charge is 0.384 e. The summed E-state index contributed by atoms with van der Waals surface area (Å²) in [5, 5.41) is 5.51. The molecule has 3 heterocycles. The molecule has 0 saturated carbocycles. The van der Waals surface area contributed by atoms with Gasteiger partial charge in [0.2, 0.25) is 0 Å². The zero-order valence-electron chi connectivity index (χ0n) is 13.5. The third-order valence-electron chi connectivity index (χ3n) is 4.89. The van der Waals surface area contributed by atoms with Crippen LogP contribution in [-0.4, -0.2) is 29.5 Å². The molecule has 1 fully saturated rings. The number of hydrogen-bond donors (Lipinski definition) is 3. The van der Waals surface area contributed by atoms with E-state index in [1.807, 2.05) is 18.2 Å². The van der Waals surface area contributed by atoms with Crippen molar-refractivity contribution in [1.29, 1.82) is 0 Å².